The number of aliphatic hydroxyl groups is 12. The van der Waals surface area contributed by atoms with E-state index in [2.05, 4.69) is 0 Å². The molecule has 0 bridgehead atoms. The Morgan fingerprint density at radius 3 is 1.72 bits per heavy atom. The van der Waals surface area contributed by atoms with Crippen LogP contribution in [0.15, 0.2) is 120 Å². The summed E-state index contributed by atoms with van der Waals surface area (Å²) in [5.41, 5.74) is 1.14. The maximum atomic E-state index is 12.9. The molecule has 0 saturated carbocycles. The number of aliphatic hydroxyl groups excluding tert-OH is 10. The Balaban J connectivity index is 1.09. The topological polar surface area (TPSA) is 404 Å². The van der Waals surface area contributed by atoms with Gasteiger partial charge in [-0.15, -0.1) is 0 Å². The van der Waals surface area contributed by atoms with Crippen molar-refractivity contribution >= 4 is 29.8 Å². The molecule has 3 saturated heterocycles. The number of benzene rings is 3. The summed E-state index contributed by atoms with van der Waals surface area (Å²) in [4.78, 5) is 25.6. The van der Waals surface area contributed by atoms with Crippen LogP contribution >= 0.6 is 0 Å². The molecule has 0 amide bonds. The van der Waals surface area contributed by atoms with Gasteiger partial charge >= 0.3 is 17.7 Å². The summed E-state index contributed by atoms with van der Waals surface area (Å²) < 4.78 is 51.3. The average Bonchev–Trinajstić information content (AvgIpc) is 3.41. The Labute approximate surface area is 430 Å². The molecule has 15 N–H and O–H groups in total. The molecule has 25 heteroatoms. The lowest BCUT2D eigenvalue weighted by Crippen LogP contribution is -2.64. The highest BCUT2D eigenvalue weighted by Crippen LogP contribution is 2.40. The molecule has 0 spiro atoms. The van der Waals surface area contributed by atoms with Gasteiger partial charge in [-0.05, 0) is 71.8 Å². The third kappa shape index (κ3) is 12.6. The monoisotopic (exact) mass is 1070 g/mol. The van der Waals surface area contributed by atoms with Crippen molar-refractivity contribution in [3.05, 3.63) is 137 Å². The van der Waals surface area contributed by atoms with Crippen LogP contribution in [0.5, 0.6) is 23.0 Å². The molecule has 76 heavy (non-hydrogen) atoms. The standard InChI is InChI=1S/C51H54O25/c52-19-34-39(60)42(63)45(66)49(73-34)71-32-17-27(55)16-31-28(32)18-33(47(70-31)24-6-10-26(54)11-7-24)72-51-48(44(65)41(62)36(75-51)21-69-37(58)13-4-22-1-8-25(53)9-2-22)76-50-46(67)43(64)40(61)35(74-50)20-68-38(59)14-5-23-3-12-29(56)30(57)15-23/h1-18,31,34-36,39-46,48-57,60-67H,19-21H2/p+1/b13-4+,14-5+/t31?,34-,35-,36-,39-,40-,41-,42+,43+,44+,45-,46-,48-,49-,50+,51-/m1/s1. The Morgan fingerprint density at radius 2 is 1.11 bits per heavy atom. The molecule has 4 heterocycles. The number of ether oxygens (including phenoxy) is 9. The Morgan fingerprint density at radius 1 is 0.566 bits per heavy atom. The summed E-state index contributed by atoms with van der Waals surface area (Å²) in [5, 5.41) is 148. The molecular formula is C51H55O25+. The van der Waals surface area contributed by atoms with Crippen LogP contribution in [0.3, 0.4) is 0 Å². The third-order valence-corrected chi connectivity index (χ3v) is 12.6. The Kier molecular flexibility index (Phi) is 17.3. The van der Waals surface area contributed by atoms with E-state index in [1.54, 1.807) is 0 Å². The Hall–Kier alpha value is -7.08. The second-order valence-electron chi connectivity index (χ2n) is 17.9. The molecule has 3 fully saturated rings. The molecule has 16 atom stereocenters. The van der Waals surface area contributed by atoms with E-state index >= 15 is 0 Å². The number of phenols is 4. The van der Waals surface area contributed by atoms with E-state index in [0.29, 0.717) is 11.1 Å². The van der Waals surface area contributed by atoms with E-state index in [-0.39, 0.29) is 39.9 Å². The fraction of sp³-hybridized carbons (Fsp3) is 0.373. The van der Waals surface area contributed by atoms with Crippen LogP contribution in [0.4, 0.5) is 0 Å². The fourth-order valence-electron chi connectivity index (χ4n) is 8.37. The smallest absolute Gasteiger partial charge is 0.330 e. The zero-order chi connectivity index (χ0) is 54.5. The molecule has 1 unspecified atom stereocenters. The van der Waals surface area contributed by atoms with Gasteiger partial charge in [0.05, 0.1) is 23.8 Å². The number of carbonyl (C=O) groups is 2. The van der Waals surface area contributed by atoms with Gasteiger partial charge in [-0.2, -0.15) is 0 Å². The zero-order valence-corrected chi connectivity index (χ0v) is 39.5. The van der Waals surface area contributed by atoms with Gasteiger partial charge in [0, 0.05) is 24.3 Å². The van der Waals surface area contributed by atoms with Crippen molar-refractivity contribution in [2.45, 2.75) is 98.2 Å². The van der Waals surface area contributed by atoms with Crippen LogP contribution in [0, 0.1) is 0 Å². The molecule has 4 aliphatic heterocycles. The van der Waals surface area contributed by atoms with Crippen molar-refractivity contribution in [1.29, 1.82) is 0 Å². The van der Waals surface area contributed by atoms with Gasteiger partial charge in [0.1, 0.15) is 103 Å². The summed E-state index contributed by atoms with van der Waals surface area (Å²) in [6, 6.07) is 15.0. The van der Waals surface area contributed by atoms with Crippen molar-refractivity contribution < 1.29 is 124 Å². The predicted octanol–water partition coefficient (Wildman–Crippen LogP) is -1.66. The second-order valence-corrected chi connectivity index (χ2v) is 17.9. The highest BCUT2D eigenvalue weighted by atomic mass is 16.8. The number of rotatable bonds is 16. The number of fused-ring (bicyclic) bond motifs is 1. The maximum absolute atomic E-state index is 12.9. The average molecular weight is 1070 g/mol. The molecule has 1 aliphatic carbocycles. The van der Waals surface area contributed by atoms with Crippen LogP contribution < -0.4 is 0 Å². The van der Waals surface area contributed by atoms with E-state index in [9.17, 15) is 81.1 Å². The van der Waals surface area contributed by atoms with Crippen LogP contribution in [-0.4, -0.2) is 206 Å². The van der Waals surface area contributed by atoms with Crippen molar-refractivity contribution in [1.82, 2.24) is 0 Å². The minimum Gasteiger partial charge on any atom is -0.571 e. The van der Waals surface area contributed by atoms with Crippen molar-refractivity contribution in [3.63, 3.8) is 0 Å². The van der Waals surface area contributed by atoms with Gasteiger partial charge in [0.15, 0.2) is 23.9 Å². The lowest BCUT2D eigenvalue weighted by molar-refractivity contribution is -0.363. The first kappa shape index (κ1) is 55.2. The number of aromatic hydroxyl groups is 4. The van der Waals surface area contributed by atoms with Gasteiger partial charge < -0.3 is 114 Å². The molecule has 0 aromatic heterocycles. The summed E-state index contributed by atoms with van der Waals surface area (Å²) in [5.74, 6) is -3.88. The van der Waals surface area contributed by atoms with Gasteiger partial charge in [-0.3, -0.25) is 0 Å². The first-order valence-corrected chi connectivity index (χ1v) is 23.4. The molecule has 5 aliphatic rings. The quantitative estimate of drug-likeness (QED) is 0.0330. The molecule has 408 valence electrons. The minimum absolute atomic E-state index is 0.0166. The number of esters is 2. The molecule has 8 rings (SSSR count). The van der Waals surface area contributed by atoms with E-state index < -0.39 is 147 Å². The highest BCUT2D eigenvalue weighted by molar-refractivity contribution is 5.87. The third-order valence-electron chi connectivity index (χ3n) is 12.6. The maximum Gasteiger partial charge on any atom is 0.330 e. The summed E-state index contributed by atoms with van der Waals surface area (Å²) in [6.45, 7) is -2.30. The molecule has 25 nitrogen and oxygen atoms in total. The minimum atomic E-state index is -2.11. The van der Waals surface area contributed by atoms with Crippen LogP contribution in [-0.2, 0) is 47.5 Å². The molecular weight excluding hydrogens is 1010 g/mol. The molecule has 0 radical (unpaired) electrons. The van der Waals surface area contributed by atoms with Gasteiger partial charge in [0.2, 0.25) is 24.4 Å². The number of phenolic OH excluding ortho intramolecular Hbond substituents is 4. The summed E-state index contributed by atoms with van der Waals surface area (Å²) in [6.07, 6.45) is -20.8. The number of allylic oxidation sites excluding steroid dienone is 2. The fourth-order valence-corrected chi connectivity index (χ4v) is 8.37. The summed E-state index contributed by atoms with van der Waals surface area (Å²) >= 11 is 0. The van der Waals surface area contributed by atoms with Gasteiger partial charge in [0.25, 0.3) is 0 Å². The van der Waals surface area contributed by atoms with Crippen molar-refractivity contribution in [3.8, 4) is 23.0 Å². The normalized spacial score (nSPS) is 32.6. The van der Waals surface area contributed by atoms with Crippen LogP contribution in [0.25, 0.3) is 17.9 Å². The summed E-state index contributed by atoms with van der Waals surface area (Å²) in [7, 11) is 0. The van der Waals surface area contributed by atoms with Crippen LogP contribution in [0.1, 0.15) is 16.7 Å². The van der Waals surface area contributed by atoms with Crippen molar-refractivity contribution in [2.24, 2.45) is 0 Å². The Bertz CT molecular complexity index is 2730. The van der Waals surface area contributed by atoms with E-state index in [4.69, 9.17) is 42.6 Å². The first-order chi connectivity index (χ1) is 36.3. The number of hydrogen-bond donors (Lipinski definition) is 14. The highest BCUT2D eigenvalue weighted by Gasteiger charge is 2.53. The second kappa shape index (κ2) is 23.9. The van der Waals surface area contributed by atoms with E-state index in [1.807, 2.05) is 0 Å². The zero-order valence-electron chi connectivity index (χ0n) is 39.5. The lowest BCUT2D eigenvalue weighted by atomic mass is 9.96. The SMILES string of the molecule is O=C(/C=C/c1ccc(O)c(O)c1)OC[C@H]1O[C@@H](O[C@H]2[C@H](OC3=C(c4ccc(O)cc4)[OH+]C4C=C(O)C=C(O[C@@H]5O[C@H](CO)[C@@H](O)[C@H](O)[C@H]5O)C4=C3)O[C@H](COC(=O)/C=C/c3ccc(O)cc3)[C@@H](O)[C@@H]2O)[C@H](O)[C@@H](O)[C@@H]1O. The first-order valence-electron chi connectivity index (χ1n) is 23.4. The number of hydrogen-bond acceptors (Lipinski definition) is 24. The molecule has 3 aromatic rings. The van der Waals surface area contributed by atoms with Gasteiger partial charge in [-0.25, -0.2) is 9.59 Å². The van der Waals surface area contributed by atoms with E-state index in [0.717, 1.165) is 24.3 Å². The van der Waals surface area contributed by atoms with Crippen LogP contribution in [0.2, 0.25) is 0 Å². The largest absolute Gasteiger partial charge is 0.571 e. The lowest BCUT2D eigenvalue weighted by Gasteiger charge is -2.46. The van der Waals surface area contributed by atoms with E-state index in [1.165, 1.54) is 85.0 Å². The van der Waals surface area contributed by atoms with Crippen molar-refractivity contribution in [2.75, 3.05) is 19.8 Å². The molecule has 3 aromatic carbocycles. The van der Waals surface area contributed by atoms with Gasteiger partial charge in [-0.1, -0.05) is 18.2 Å². The predicted molar refractivity (Wildman–Crippen MR) is 254 cm³/mol. The number of carbonyl (C=O) groups excluding carboxylic acids is 2.